The molecule has 1 heterocycles. The molecule has 0 aliphatic heterocycles. The van der Waals surface area contributed by atoms with E-state index in [1.807, 2.05) is 18.2 Å². The summed E-state index contributed by atoms with van der Waals surface area (Å²) < 4.78 is 0. The van der Waals surface area contributed by atoms with Crippen molar-refractivity contribution < 1.29 is 4.79 Å². The molecule has 2 aromatic rings. The first kappa shape index (κ1) is 13.1. The van der Waals surface area contributed by atoms with Crippen LogP contribution in [-0.4, -0.2) is 17.3 Å². The molecule has 1 aromatic heterocycles. The minimum absolute atomic E-state index is 0.190. The number of Topliss-reactive ketones (excluding diaryl/α,β-unsaturated/α-hetero) is 1. The number of ketones is 1. The highest BCUT2D eigenvalue weighted by Gasteiger charge is 2.23. The van der Waals surface area contributed by atoms with Crippen LogP contribution in [0.2, 0.25) is 0 Å². The van der Waals surface area contributed by atoms with Crippen molar-refractivity contribution in [3.05, 3.63) is 35.5 Å². The summed E-state index contributed by atoms with van der Waals surface area (Å²) in [6.45, 7) is 3.14. The normalized spacial score (nSPS) is 14.3. The first-order valence-electron chi connectivity index (χ1n) is 7.50. The van der Waals surface area contributed by atoms with E-state index >= 15 is 0 Å². The molecule has 0 atom stereocenters. The molecule has 3 heteroatoms. The van der Waals surface area contributed by atoms with Crippen LogP contribution >= 0.6 is 0 Å². The van der Waals surface area contributed by atoms with Crippen molar-refractivity contribution in [2.24, 2.45) is 0 Å². The highest BCUT2D eigenvalue weighted by molar-refractivity contribution is 6.04. The number of para-hydroxylation sites is 1. The Morgan fingerprint density at radius 3 is 2.95 bits per heavy atom. The number of nitrogens with one attached hydrogen (secondary N) is 1. The third kappa shape index (κ3) is 2.28. The lowest BCUT2D eigenvalue weighted by Gasteiger charge is -2.20. The molecule has 1 aliphatic rings. The number of pyridine rings is 1. The van der Waals surface area contributed by atoms with Crippen LogP contribution in [0.5, 0.6) is 0 Å². The Kier molecular flexibility index (Phi) is 3.68. The summed E-state index contributed by atoms with van der Waals surface area (Å²) in [5, 5.41) is 4.68. The van der Waals surface area contributed by atoms with Gasteiger partial charge in [-0.25, -0.2) is 4.98 Å². The number of nitrogens with zero attached hydrogens (tertiary/aromatic N) is 1. The van der Waals surface area contributed by atoms with Crippen LogP contribution in [0.4, 0.5) is 5.69 Å². The van der Waals surface area contributed by atoms with Gasteiger partial charge in [0.25, 0.3) is 0 Å². The highest BCUT2D eigenvalue weighted by atomic mass is 16.1. The average Bonchev–Trinajstić information content (AvgIpc) is 2.48. The molecule has 3 nitrogen and oxygen atoms in total. The zero-order valence-corrected chi connectivity index (χ0v) is 11.9. The number of hydrogen-bond acceptors (Lipinski definition) is 3. The second kappa shape index (κ2) is 5.61. The van der Waals surface area contributed by atoms with E-state index in [2.05, 4.69) is 23.3 Å². The number of anilines is 1. The van der Waals surface area contributed by atoms with Crippen LogP contribution in [-0.2, 0) is 6.42 Å². The van der Waals surface area contributed by atoms with Crippen LogP contribution in [0, 0.1) is 0 Å². The summed E-state index contributed by atoms with van der Waals surface area (Å²) >= 11 is 0. The summed E-state index contributed by atoms with van der Waals surface area (Å²) in [7, 11) is 0. The van der Waals surface area contributed by atoms with Crippen molar-refractivity contribution in [1.82, 2.24) is 4.98 Å². The van der Waals surface area contributed by atoms with E-state index in [1.165, 1.54) is 0 Å². The predicted molar refractivity (Wildman–Crippen MR) is 82.4 cm³/mol. The summed E-state index contributed by atoms with van der Waals surface area (Å²) in [6.07, 6.45) is 4.82. The average molecular weight is 268 g/mol. The topological polar surface area (TPSA) is 42.0 Å². The van der Waals surface area contributed by atoms with Gasteiger partial charge < -0.3 is 5.32 Å². The van der Waals surface area contributed by atoms with Gasteiger partial charge in [-0.05, 0) is 25.3 Å². The maximum absolute atomic E-state index is 12.1. The molecule has 0 spiro atoms. The van der Waals surface area contributed by atoms with E-state index in [0.717, 1.165) is 54.4 Å². The summed E-state index contributed by atoms with van der Waals surface area (Å²) in [4.78, 5) is 16.7. The Morgan fingerprint density at radius 1 is 1.25 bits per heavy atom. The molecule has 104 valence electrons. The molecule has 0 amide bonds. The molecule has 0 saturated carbocycles. The van der Waals surface area contributed by atoms with E-state index in [0.29, 0.717) is 12.1 Å². The van der Waals surface area contributed by atoms with E-state index in [9.17, 15) is 4.79 Å². The van der Waals surface area contributed by atoms with Gasteiger partial charge in [0, 0.05) is 29.6 Å². The Morgan fingerprint density at radius 2 is 2.10 bits per heavy atom. The van der Waals surface area contributed by atoms with Gasteiger partial charge in [0.05, 0.1) is 5.52 Å². The first-order valence-corrected chi connectivity index (χ1v) is 7.50. The van der Waals surface area contributed by atoms with E-state index in [4.69, 9.17) is 0 Å². The fourth-order valence-electron chi connectivity index (χ4n) is 2.86. The molecule has 1 aromatic carbocycles. The van der Waals surface area contributed by atoms with Gasteiger partial charge in [0.1, 0.15) is 5.69 Å². The molecule has 0 bridgehead atoms. The van der Waals surface area contributed by atoms with Crippen molar-refractivity contribution in [2.45, 2.75) is 39.0 Å². The third-order valence-corrected chi connectivity index (χ3v) is 3.92. The van der Waals surface area contributed by atoms with Gasteiger partial charge in [0.15, 0.2) is 5.78 Å². The highest BCUT2D eigenvalue weighted by Crippen LogP contribution is 2.33. The lowest BCUT2D eigenvalue weighted by atomic mass is 9.91. The number of benzene rings is 1. The Hall–Kier alpha value is -1.90. The number of hydrogen-bond donors (Lipinski definition) is 1. The maximum atomic E-state index is 12.1. The summed E-state index contributed by atoms with van der Waals surface area (Å²) in [5.74, 6) is 0.190. The fourth-order valence-corrected chi connectivity index (χ4v) is 2.86. The van der Waals surface area contributed by atoms with Crippen molar-refractivity contribution in [2.75, 3.05) is 11.9 Å². The molecule has 1 N–H and O–H groups in total. The number of carbonyl (C=O) groups excluding carboxylic acids is 1. The number of carbonyl (C=O) groups is 1. The van der Waals surface area contributed by atoms with Gasteiger partial charge in [-0.2, -0.15) is 0 Å². The quantitative estimate of drug-likeness (QED) is 0.853. The van der Waals surface area contributed by atoms with E-state index in [1.54, 1.807) is 0 Å². The van der Waals surface area contributed by atoms with Crippen LogP contribution < -0.4 is 5.32 Å². The van der Waals surface area contributed by atoms with Crippen molar-refractivity contribution in [3.8, 4) is 0 Å². The number of rotatable bonds is 4. The molecule has 3 rings (SSSR count). The summed E-state index contributed by atoms with van der Waals surface area (Å²) in [5.41, 5.74) is 3.86. The standard InChI is InChI=1S/C17H20N2O/c1-2-3-11-18-16-12-7-4-5-9-14(12)19-17-13(16)8-6-10-15(17)20/h4-5,7,9H,2-3,6,8,10-11H2,1H3,(H,18,19). The van der Waals surface area contributed by atoms with Crippen LogP contribution in [0.25, 0.3) is 10.9 Å². The Balaban J connectivity index is 2.14. The molecule has 1 aliphatic carbocycles. The zero-order valence-electron chi connectivity index (χ0n) is 11.9. The van der Waals surface area contributed by atoms with Crippen molar-refractivity contribution in [1.29, 1.82) is 0 Å². The number of fused-ring (bicyclic) bond motifs is 2. The van der Waals surface area contributed by atoms with Gasteiger partial charge in [-0.3, -0.25) is 4.79 Å². The number of unbranched alkanes of at least 4 members (excludes halogenated alkanes) is 1. The SMILES string of the molecule is CCCCNc1c2c(nc3ccccc13)C(=O)CCC2. The van der Waals surface area contributed by atoms with E-state index in [-0.39, 0.29) is 5.78 Å². The predicted octanol–water partition coefficient (Wildman–Crippen LogP) is 3.97. The number of aromatic nitrogens is 1. The molecule has 0 radical (unpaired) electrons. The molecule has 0 fully saturated rings. The third-order valence-electron chi connectivity index (χ3n) is 3.92. The summed E-state index contributed by atoms with van der Waals surface area (Å²) in [6, 6.07) is 8.09. The largest absolute Gasteiger partial charge is 0.384 e. The second-order valence-corrected chi connectivity index (χ2v) is 5.39. The van der Waals surface area contributed by atoms with Gasteiger partial charge in [-0.15, -0.1) is 0 Å². The van der Waals surface area contributed by atoms with Gasteiger partial charge in [0.2, 0.25) is 0 Å². The molecular formula is C17H20N2O. The first-order chi connectivity index (χ1) is 9.81. The minimum atomic E-state index is 0.190. The molecule has 0 unspecified atom stereocenters. The van der Waals surface area contributed by atoms with Crippen LogP contribution in [0.3, 0.4) is 0 Å². The van der Waals surface area contributed by atoms with E-state index < -0.39 is 0 Å². The Labute approximate surface area is 119 Å². The lowest BCUT2D eigenvalue weighted by molar-refractivity contribution is 0.0967. The monoisotopic (exact) mass is 268 g/mol. The van der Waals surface area contributed by atoms with Crippen LogP contribution in [0.1, 0.15) is 48.7 Å². The van der Waals surface area contributed by atoms with Gasteiger partial charge in [-0.1, -0.05) is 31.5 Å². The Bertz CT molecular complexity index is 649. The lowest BCUT2D eigenvalue weighted by Crippen LogP contribution is -2.16. The van der Waals surface area contributed by atoms with Gasteiger partial charge >= 0.3 is 0 Å². The second-order valence-electron chi connectivity index (χ2n) is 5.39. The zero-order chi connectivity index (χ0) is 13.9. The van der Waals surface area contributed by atoms with Crippen LogP contribution in [0.15, 0.2) is 24.3 Å². The minimum Gasteiger partial charge on any atom is -0.384 e. The molecular weight excluding hydrogens is 248 g/mol. The molecule has 0 saturated heterocycles. The fraction of sp³-hybridized carbons (Fsp3) is 0.412. The van der Waals surface area contributed by atoms with Crippen molar-refractivity contribution >= 4 is 22.4 Å². The molecule has 20 heavy (non-hydrogen) atoms. The van der Waals surface area contributed by atoms with Crippen molar-refractivity contribution in [3.63, 3.8) is 0 Å². The smallest absolute Gasteiger partial charge is 0.181 e. The maximum Gasteiger partial charge on any atom is 0.181 e.